The van der Waals surface area contributed by atoms with Gasteiger partial charge in [0, 0.05) is 17.6 Å². The Bertz CT molecular complexity index is 786. The molecule has 0 bridgehead atoms. The monoisotopic (exact) mass is 471 g/mol. The fourth-order valence-corrected chi connectivity index (χ4v) is 3.40. The van der Waals surface area contributed by atoms with Crippen LogP contribution in [0.3, 0.4) is 0 Å². The van der Waals surface area contributed by atoms with Gasteiger partial charge in [-0.15, -0.1) is 0 Å². The van der Waals surface area contributed by atoms with Crippen LogP contribution in [0, 0.1) is 0 Å². The molecule has 2 rings (SSSR count). The maximum Gasteiger partial charge on any atom is 0.308 e. The van der Waals surface area contributed by atoms with Crippen LogP contribution in [-0.2, 0) is 14.3 Å². The van der Waals surface area contributed by atoms with Crippen molar-refractivity contribution in [3.05, 3.63) is 28.2 Å². The zero-order valence-corrected chi connectivity index (χ0v) is 18.2. The SMILES string of the molecule is COc1ccc(Br)cc1C(=O)NC(=S)N1CCNC(=O)C1CC(=O)OC(C)C. The number of methoxy groups -OCH3 is 1. The summed E-state index contributed by atoms with van der Waals surface area (Å²) in [6.45, 7) is 4.17. The number of ether oxygens (including phenoxy) is 2. The van der Waals surface area contributed by atoms with E-state index in [-0.39, 0.29) is 29.1 Å². The molecule has 1 aliphatic rings. The fraction of sp³-hybridized carbons (Fsp3) is 0.444. The minimum Gasteiger partial charge on any atom is -0.496 e. The molecule has 1 aromatic carbocycles. The Morgan fingerprint density at radius 3 is 2.79 bits per heavy atom. The van der Waals surface area contributed by atoms with Gasteiger partial charge < -0.3 is 19.7 Å². The van der Waals surface area contributed by atoms with Crippen LogP contribution in [0.1, 0.15) is 30.6 Å². The van der Waals surface area contributed by atoms with Crippen molar-refractivity contribution in [2.75, 3.05) is 20.2 Å². The number of carbonyl (C=O) groups excluding carboxylic acids is 3. The van der Waals surface area contributed by atoms with E-state index in [2.05, 4.69) is 26.6 Å². The molecule has 1 saturated heterocycles. The molecule has 1 unspecified atom stereocenters. The molecule has 0 spiro atoms. The maximum atomic E-state index is 12.7. The summed E-state index contributed by atoms with van der Waals surface area (Å²) >= 11 is 8.66. The molecule has 0 aliphatic carbocycles. The summed E-state index contributed by atoms with van der Waals surface area (Å²) in [5, 5.41) is 5.38. The second-order valence-corrected chi connectivity index (χ2v) is 7.65. The lowest BCUT2D eigenvalue weighted by Crippen LogP contribution is -2.60. The third-order valence-corrected chi connectivity index (χ3v) is 4.78. The highest BCUT2D eigenvalue weighted by Gasteiger charge is 2.34. The highest BCUT2D eigenvalue weighted by molar-refractivity contribution is 9.10. The standard InChI is InChI=1S/C18H22BrN3O5S/c1-10(2)27-15(23)9-13-17(25)20-6-7-22(13)18(28)21-16(24)12-8-11(19)4-5-14(12)26-3/h4-5,8,10,13H,6-7,9H2,1-3H3,(H,20,25)(H,21,24,28). The van der Waals surface area contributed by atoms with Crippen molar-refractivity contribution in [3.8, 4) is 5.75 Å². The summed E-state index contributed by atoms with van der Waals surface area (Å²) in [5.74, 6) is -0.942. The number of benzene rings is 1. The largest absolute Gasteiger partial charge is 0.496 e. The van der Waals surface area contributed by atoms with E-state index >= 15 is 0 Å². The van der Waals surface area contributed by atoms with Crippen molar-refractivity contribution in [1.29, 1.82) is 0 Å². The summed E-state index contributed by atoms with van der Waals surface area (Å²) in [7, 11) is 1.46. The van der Waals surface area contributed by atoms with Gasteiger partial charge in [0.05, 0.1) is 25.2 Å². The van der Waals surface area contributed by atoms with Gasteiger partial charge in [-0.1, -0.05) is 15.9 Å². The Balaban J connectivity index is 2.14. The molecule has 8 nitrogen and oxygen atoms in total. The van der Waals surface area contributed by atoms with Gasteiger partial charge in [-0.25, -0.2) is 0 Å². The molecule has 1 aliphatic heterocycles. The lowest BCUT2D eigenvalue weighted by Gasteiger charge is -2.36. The molecule has 1 atom stereocenters. The normalized spacial score (nSPS) is 16.4. The molecule has 28 heavy (non-hydrogen) atoms. The zero-order chi connectivity index (χ0) is 20.8. The Morgan fingerprint density at radius 1 is 1.43 bits per heavy atom. The van der Waals surface area contributed by atoms with E-state index in [1.54, 1.807) is 32.0 Å². The Labute approximate surface area is 177 Å². The van der Waals surface area contributed by atoms with Crippen LogP contribution in [-0.4, -0.2) is 60.1 Å². The topological polar surface area (TPSA) is 97.0 Å². The molecule has 0 saturated carbocycles. The van der Waals surface area contributed by atoms with Gasteiger partial charge in [-0.2, -0.15) is 0 Å². The molecule has 1 heterocycles. The molecule has 2 amide bonds. The first-order chi connectivity index (χ1) is 13.2. The highest BCUT2D eigenvalue weighted by Crippen LogP contribution is 2.23. The molecule has 10 heteroatoms. The quantitative estimate of drug-likeness (QED) is 0.497. The van der Waals surface area contributed by atoms with Gasteiger partial charge in [0.1, 0.15) is 11.8 Å². The number of hydrogen-bond acceptors (Lipinski definition) is 6. The van der Waals surface area contributed by atoms with Gasteiger partial charge >= 0.3 is 5.97 Å². The van der Waals surface area contributed by atoms with Crippen LogP contribution in [0.25, 0.3) is 0 Å². The Hall–Kier alpha value is -2.20. The number of halogens is 1. The molecule has 1 fully saturated rings. The molecular formula is C18H22BrN3O5S. The van der Waals surface area contributed by atoms with E-state index in [9.17, 15) is 14.4 Å². The first-order valence-electron chi connectivity index (χ1n) is 8.65. The Morgan fingerprint density at radius 2 is 2.14 bits per heavy atom. The van der Waals surface area contributed by atoms with Gasteiger partial charge in [-0.05, 0) is 44.3 Å². The first kappa shape index (κ1) is 22.1. The number of piperazine rings is 1. The van der Waals surface area contributed by atoms with Crippen LogP contribution in [0.15, 0.2) is 22.7 Å². The van der Waals surface area contributed by atoms with Gasteiger partial charge in [0.2, 0.25) is 5.91 Å². The van der Waals surface area contributed by atoms with E-state index in [1.807, 2.05) is 0 Å². The van der Waals surface area contributed by atoms with Crippen molar-refractivity contribution in [3.63, 3.8) is 0 Å². The molecule has 0 aromatic heterocycles. The predicted octanol–water partition coefficient (Wildman–Crippen LogP) is 1.61. The second kappa shape index (κ2) is 9.83. The number of rotatable bonds is 5. The number of nitrogens with zero attached hydrogens (tertiary/aromatic N) is 1. The minimum absolute atomic E-state index is 0.0595. The zero-order valence-electron chi connectivity index (χ0n) is 15.8. The molecule has 0 radical (unpaired) electrons. The van der Waals surface area contributed by atoms with Gasteiger partial charge in [0.25, 0.3) is 5.91 Å². The lowest BCUT2D eigenvalue weighted by atomic mass is 10.1. The third-order valence-electron chi connectivity index (χ3n) is 3.95. The fourth-order valence-electron chi connectivity index (χ4n) is 2.72. The number of esters is 1. The van der Waals surface area contributed by atoms with Crippen LogP contribution in [0.4, 0.5) is 0 Å². The van der Waals surface area contributed by atoms with Crippen LogP contribution in [0.2, 0.25) is 0 Å². The number of thiocarbonyl (C=S) groups is 1. The third kappa shape index (κ3) is 5.65. The summed E-state index contributed by atoms with van der Waals surface area (Å²) in [6, 6.07) is 4.16. The number of nitrogens with one attached hydrogen (secondary N) is 2. The van der Waals surface area contributed by atoms with Crippen LogP contribution < -0.4 is 15.4 Å². The van der Waals surface area contributed by atoms with Gasteiger partial charge in [0.15, 0.2) is 5.11 Å². The lowest BCUT2D eigenvalue weighted by molar-refractivity contribution is -0.150. The van der Waals surface area contributed by atoms with E-state index in [0.29, 0.717) is 23.3 Å². The van der Waals surface area contributed by atoms with Crippen molar-refractivity contribution in [1.82, 2.24) is 15.5 Å². The highest BCUT2D eigenvalue weighted by atomic mass is 79.9. The summed E-state index contributed by atoms with van der Waals surface area (Å²) in [6.07, 6.45) is -0.455. The smallest absolute Gasteiger partial charge is 0.308 e. The van der Waals surface area contributed by atoms with Crippen molar-refractivity contribution in [2.45, 2.75) is 32.4 Å². The van der Waals surface area contributed by atoms with E-state index < -0.39 is 17.9 Å². The minimum atomic E-state index is -0.850. The molecule has 152 valence electrons. The van der Waals surface area contributed by atoms with E-state index in [4.69, 9.17) is 21.7 Å². The van der Waals surface area contributed by atoms with Crippen LogP contribution >= 0.6 is 28.1 Å². The van der Waals surface area contributed by atoms with Crippen molar-refractivity contribution >= 4 is 51.0 Å². The average Bonchev–Trinajstić information content (AvgIpc) is 2.62. The number of carbonyl (C=O) groups is 3. The number of amides is 2. The average molecular weight is 472 g/mol. The summed E-state index contributed by atoms with van der Waals surface area (Å²) < 4.78 is 11.0. The first-order valence-corrected chi connectivity index (χ1v) is 9.85. The Kier molecular flexibility index (Phi) is 7.76. The van der Waals surface area contributed by atoms with Crippen molar-refractivity contribution in [2.24, 2.45) is 0 Å². The number of hydrogen-bond donors (Lipinski definition) is 2. The van der Waals surface area contributed by atoms with E-state index in [0.717, 1.165) is 0 Å². The van der Waals surface area contributed by atoms with Gasteiger partial charge in [-0.3, -0.25) is 19.7 Å². The van der Waals surface area contributed by atoms with Crippen molar-refractivity contribution < 1.29 is 23.9 Å². The summed E-state index contributed by atoms with van der Waals surface area (Å²) in [4.78, 5) is 38.5. The summed E-state index contributed by atoms with van der Waals surface area (Å²) in [5.41, 5.74) is 0.288. The van der Waals surface area contributed by atoms with E-state index in [1.165, 1.54) is 12.0 Å². The molecular weight excluding hydrogens is 450 g/mol. The predicted molar refractivity (Wildman–Crippen MR) is 110 cm³/mol. The molecule has 2 N–H and O–H groups in total. The van der Waals surface area contributed by atoms with Crippen LogP contribution in [0.5, 0.6) is 5.75 Å². The second-order valence-electron chi connectivity index (χ2n) is 6.35. The molecule has 1 aromatic rings. The maximum absolute atomic E-state index is 12.7.